The summed E-state index contributed by atoms with van der Waals surface area (Å²) in [7, 11) is 3.87. The maximum atomic E-state index is 13.3. The molecule has 1 atom stereocenters. The van der Waals surface area contributed by atoms with E-state index >= 15 is 0 Å². The first-order valence-electron chi connectivity index (χ1n) is 11.3. The number of aromatic nitrogens is 2. The van der Waals surface area contributed by atoms with Gasteiger partial charge in [0.05, 0.1) is 6.61 Å². The standard InChI is InChI=1S/C25H30FN5O4/c1-15(14-32)29-25(35)22-23(33)20-19(21(30-22)24(34)27-9-4-10-31(2)3)12-17(13-28-20)11-16-5-7-18(26)8-6-16/h5-8,12-13,15,32-33H,4,9-11,14H2,1-3H3,(H,27,34)(H,29,35). The van der Waals surface area contributed by atoms with Crippen LogP contribution in [-0.2, 0) is 6.42 Å². The molecule has 1 unspecified atom stereocenters. The van der Waals surface area contributed by atoms with Crippen LogP contribution >= 0.6 is 0 Å². The molecule has 9 nitrogen and oxygen atoms in total. The van der Waals surface area contributed by atoms with Crippen molar-refractivity contribution in [1.82, 2.24) is 25.5 Å². The number of amides is 2. The van der Waals surface area contributed by atoms with Gasteiger partial charge in [-0.15, -0.1) is 0 Å². The van der Waals surface area contributed by atoms with Crippen LogP contribution in [0.1, 0.15) is 45.4 Å². The van der Waals surface area contributed by atoms with Crippen molar-refractivity contribution < 1.29 is 24.2 Å². The fraction of sp³-hybridized carbons (Fsp3) is 0.360. The molecule has 0 aliphatic carbocycles. The quantitative estimate of drug-likeness (QED) is 0.324. The summed E-state index contributed by atoms with van der Waals surface area (Å²) in [5.41, 5.74) is 1.22. The van der Waals surface area contributed by atoms with Gasteiger partial charge in [-0.25, -0.2) is 9.37 Å². The molecule has 35 heavy (non-hydrogen) atoms. The fourth-order valence-corrected chi connectivity index (χ4v) is 3.50. The van der Waals surface area contributed by atoms with Crippen LogP contribution in [0.2, 0.25) is 0 Å². The zero-order chi connectivity index (χ0) is 25.5. The van der Waals surface area contributed by atoms with Crippen molar-refractivity contribution in [2.75, 3.05) is 33.8 Å². The van der Waals surface area contributed by atoms with Gasteiger partial charge >= 0.3 is 0 Å². The summed E-state index contributed by atoms with van der Waals surface area (Å²) in [6, 6.07) is 7.15. The number of hydrogen-bond donors (Lipinski definition) is 4. The van der Waals surface area contributed by atoms with Crippen LogP contribution in [0.3, 0.4) is 0 Å². The number of carbonyl (C=O) groups is 2. The van der Waals surface area contributed by atoms with E-state index in [0.717, 1.165) is 17.7 Å². The molecule has 0 bridgehead atoms. The van der Waals surface area contributed by atoms with Gasteiger partial charge in [-0.1, -0.05) is 12.1 Å². The molecule has 2 amide bonds. The Bertz CT molecular complexity index is 1200. The summed E-state index contributed by atoms with van der Waals surface area (Å²) in [4.78, 5) is 36.3. The van der Waals surface area contributed by atoms with Crippen molar-refractivity contribution in [3.8, 4) is 5.75 Å². The fourth-order valence-electron chi connectivity index (χ4n) is 3.50. The maximum Gasteiger partial charge on any atom is 0.274 e. The summed E-state index contributed by atoms with van der Waals surface area (Å²) in [5, 5.41) is 25.6. The van der Waals surface area contributed by atoms with E-state index in [4.69, 9.17) is 0 Å². The minimum atomic E-state index is -0.732. The second-order valence-electron chi connectivity index (χ2n) is 8.67. The molecule has 4 N–H and O–H groups in total. The largest absolute Gasteiger partial charge is 0.504 e. The van der Waals surface area contributed by atoms with Crippen molar-refractivity contribution >= 4 is 22.7 Å². The van der Waals surface area contributed by atoms with Gasteiger partial charge in [0, 0.05) is 24.2 Å². The van der Waals surface area contributed by atoms with E-state index < -0.39 is 23.6 Å². The van der Waals surface area contributed by atoms with E-state index in [1.807, 2.05) is 19.0 Å². The molecule has 1 aromatic carbocycles. The first-order chi connectivity index (χ1) is 16.7. The SMILES string of the molecule is CC(CO)NC(=O)c1nc(C(=O)NCCCN(C)C)c2cc(Cc3ccc(F)cc3)cnc2c1O. The minimum absolute atomic E-state index is 0.0436. The molecule has 3 aromatic rings. The number of benzene rings is 1. The Labute approximate surface area is 203 Å². The number of rotatable bonds is 10. The number of pyridine rings is 2. The number of nitrogens with one attached hydrogen (secondary N) is 2. The molecule has 0 spiro atoms. The third-order valence-electron chi connectivity index (χ3n) is 5.34. The van der Waals surface area contributed by atoms with E-state index in [-0.39, 0.29) is 29.3 Å². The molecule has 0 saturated carbocycles. The van der Waals surface area contributed by atoms with Crippen LogP contribution in [0.5, 0.6) is 5.75 Å². The second-order valence-corrected chi connectivity index (χ2v) is 8.67. The predicted octanol–water partition coefficient (Wildman–Crippen LogP) is 1.86. The van der Waals surface area contributed by atoms with E-state index in [1.165, 1.54) is 18.3 Å². The van der Waals surface area contributed by atoms with Gasteiger partial charge in [-0.3, -0.25) is 14.6 Å². The van der Waals surface area contributed by atoms with Crippen LogP contribution in [0.4, 0.5) is 4.39 Å². The first-order valence-corrected chi connectivity index (χ1v) is 11.3. The van der Waals surface area contributed by atoms with Crippen LogP contribution in [0.15, 0.2) is 36.5 Å². The Morgan fingerprint density at radius 2 is 1.83 bits per heavy atom. The van der Waals surface area contributed by atoms with Crippen molar-refractivity contribution in [2.45, 2.75) is 25.8 Å². The highest BCUT2D eigenvalue weighted by Crippen LogP contribution is 2.29. The molecule has 0 aliphatic rings. The lowest BCUT2D eigenvalue weighted by Gasteiger charge is -2.15. The number of fused-ring (bicyclic) bond motifs is 1. The van der Waals surface area contributed by atoms with Crippen molar-refractivity contribution in [3.05, 3.63) is 64.9 Å². The second kappa shape index (κ2) is 11.7. The highest BCUT2D eigenvalue weighted by molar-refractivity contribution is 6.09. The maximum absolute atomic E-state index is 13.3. The minimum Gasteiger partial charge on any atom is -0.504 e. The topological polar surface area (TPSA) is 128 Å². The molecule has 0 radical (unpaired) electrons. The molecule has 0 fully saturated rings. The van der Waals surface area contributed by atoms with Gasteiger partial charge in [0.25, 0.3) is 11.8 Å². The number of aliphatic hydroxyl groups excluding tert-OH is 1. The van der Waals surface area contributed by atoms with Gasteiger partial charge in [-0.05, 0) is 69.7 Å². The van der Waals surface area contributed by atoms with Gasteiger partial charge in [0.1, 0.15) is 17.0 Å². The molecular weight excluding hydrogens is 453 g/mol. The summed E-state index contributed by atoms with van der Waals surface area (Å²) >= 11 is 0. The average Bonchev–Trinajstić information content (AvgIpc) is 2.83. The Morgan fingerprint density at radius 1 is 1.11 bits per heavy atom. The molecular formula is C25H30FN5O4. The van der Waals surface area contributed by atoms with E-state index in [9.17, 15) is 24.2 Å². The number of hydrogen-bond acceptors (Lipinski definition) is 7. The molecule has 0 saturated heterocycles. The van der Waals surface area contributed by atoms with Crippen LogP contribution in [-0.4, -0.2) is 76.7 Å². The molecule has 2 aromatic heterocycles. The highest BCUT2D eigenvalue weighted by atomic mass is 19.1. The number of halogens is 1. The monoisotopic (exact) mass is 483 g/mol. The average molecular weight is 484 g/mol. The number of nitrogens with zero attached hydrogens (tertiary/aromatic N) is 3. The Morgan fingerprint density at radius 3 is 2.49 bits per heavy atom. The van der Waals surface area contributed by atoms with Crippen molar-refractivity contribution in [2.24, 2.45) is 0 Å². The molecule has 0 aliphatic heterocycles. The third kappa shape index (κ3) is 6.71. The molecule has 10 heteroatoms. The number of carbonyl (C=O) groups excluding carboxylic acids is 2. The summed E-state index contributed by atoms with van der Waals surface area (Å²) < 4.78 is 13.3. The van der Waals surface area contributed by atoms with E-state index in [0.29, 0.717) is 24.8 Å². The number of aliphatic hydroxyl groups is 1. The van der Waals surface area contributed by atoms with Gasteiger partial charge in [0.15, 0.2) is 11.4 Å². The summed E-state index contributed by atoms with van der Waals surface area (Å²) in [5.74, 6) is -2.03. The van der Waals surface area contributed by atoms with Crippen LogP contribution in [0.25, 0.3) is 10.9 Å². The van der Waals surface area contributed by atoms with Crippen molar-refractivity contribution in [3.63, 3.8) is 0 Å². The Balaban J connectivity index is 2.01. The normalized spacial score (nSPS) is 12.1. The van der Waals surface area contributed by atoms with Gasteiger partial charge in [0.2, 0.25) is 0 Å². The van der Waals surface area contributed by atoms with Gasteiger partial charge < -0.3 is 25.7 Å². The lowest BCUT2D eigenvalue weighted by molar-refractivity contribution is 0.0914. The van der Waals surface area contributed by atoms with Crippen LogP contribution < -0.4 is 10.6 Å². The zero-order valence-electron chi connectivity index (χ0n) is 20.0. The lowest BCUT2D eigenvalue weighted by Crippen LogP contribution is -2.36. The Kier molecular flexibility index (Phi) is 8.67. The third-order valence-corrected chi connectivity index (χ3v) is 5.34. The molecule has 3 rings (SSSR count). The molecule has 2 heterocycles. The molecule has 186 valence electrons. The zero-order valence-corrected chi connectivity index (χ0v) is 20.0. The number of aromatic hydroxyl groups is 1. The van der Waals surface area contributed by atoms with Crippen LogP contribution in [0, 0.1) is 5.82 Å². The van der Waals surface area contributed by atoms with Gasteiger partial charge in [-0.2, -0.15) is 0 Å². The summed E-state index contributed by atoms with van der Waals surface area (Å²) in [6.07, 6.45) is 2.66. The van der Waals surface area contributed by atoms with Crippen molar-refractivity contribution in [1.29, 1.82) is 0 Å². The smallest absolute Gasteiger partial charge is 0.274 e. The Hall–Kier alpha value is -3.63. The first kappa shape index (κ1) is 26.0. The predicted molar refractivity (Wildman–Crippen MR) is 130 cm³/mol. The lowest BCUT2D eigenvalue weighted by atomic mass is 10.0. The van der Waals surface area contributed by atoms with E-state index in [1.54, 1.807) is 25.1 Å². The summed E-state index contributed by atoms with van der Waals surface area (Å²) in [6.45, 7) is 2.46. The van der Waals surface area contributed by atoms with E-state index in [2.05, 4.69) is 20.6 Å². The highest BCUT2D eigenvalue weighted by Gasteiger charge is 2.24.